The van der Waals surface area contributed by atoms with E-state index in [1.807, 2.05) is 30.3 Å². The molecule has 1 aromatic carbocycles. The van der Waals surface area contributed by atoms with Crippen molar-refractivity contribution in [3.63, 3.8) is 0 Å². The summed E-state index contributed by atoms with van der Waals surface area (Å²) in [6, 6.07) is 7.86. The van der Waals surface area contributed by atoms with Gasteiger partial charge in [-0.25, -0.2) is 0 Å². The molecule has 106 valence electrons. The maximum absolute atomic E-state index is 9.07. The van der Waals surface area contributed by atoms with Gasteiger partial charge < -0.3 is 9.94 Å². The van der Waals surface area contributed by atoms with Gasteiger partial charge in [0.25, 0.3) is 0 Å². The first-order valence-electron chi connectivity index (χ1n) is 6.70. The highest BCUT2D eigenvalue weighted by molar-refractivity contribution is 6.00. The molecule has 0 radical (unpaired) electrons. The van der Waals surface area contributed by atoms with Crippen molar-refractivity contribution in [2.45, 2.75) is 26.7 Å². The lowest BCUT2D eigenvalue weighted by Crippen LogP contribution is -2.22. The Hall–Kier alpha value is -2.03. The molecular formula is C17H21NO2. The van der Waals surface area contributed by atoms with Crippen LogP contribution in [0.5, 0.6) is 5.75 Å². The van der Waals surface area contributed by atoms with Crippen LogP contribution in [0.15, 0.2) is 47.6 Å². The van der Waals surface area contributed by atoms with Crippen LogP contribution < -0.4 is 4.74 Å². The normalized spacial score (nSPS) is 19.6. The number of hydrogen-bond donors (Lipinski definition) is 1. The number of rotatable bonds is 3. The Morgan fingerprint density at radius 1 is 1.35 bits per heavy atom. The van der Waals surface area contributed by atoms with Crippen molar-refractivity contribution in [1.82, 2.24) is 0 Å². The Morgan fingerprint density at radius 2 is 2.10 bits per heavy atom. The molecule has 0 atom stereocenters. The molecule has 0 fully saturated rings. The van der Waals surface area contributed by atoms with E-state index < -0.39 is 0 Å². The van der Waals surface area contributed by atoms with Gasteiger partial charge in [0.2, 0.25) is 0 Å². The second-order valence-corrected chi connectivity index (χ2v) is 5.99. The number of nitrogens with zero attached hydrogens (tertiary/aromatic N) is 1. The van der Waals surface area contributed by atoms with E-state index in [-0.39, 0.29) is 5.41 Å². The van der Waals surface area contributed by atoms with Crippen LogP contribution in [-0.4, -0.2) is 18.0 Å². The Labute approximate surface area is 120 Å². The first kappa shape index (κ1) is 14.4. The molecule has 0 saturated carbocycles. The minimum Gasteiger partial charge on any atom is -0.497 e. The predicted molar refractivity (Wildman–Crippen MR) is 82.3 cm³/mol. The zero-order valence-corrected chi connectivity index (χ0v) is 12.3. The molecule has 1 N–H and O–H groups in total. The molecule has 0 aromatic heterocycles. The van der Waals surface area contributed by atoms with Gasteiger partial charge in [-0.15, -0.1) is 0 Å². The van der Waals surface area contributed by atoms with Crippen LogP contribution in [0, 0.1) is 5.41 Å². The molecule has 0 bridgehead atoms. The molecule has 0 aliphatic heterocycles. The number of allylic oxidation sites excluding steroid dienone is 3. The lowest BCUT2D eigenvalue weighted by atomic mass is 9.74. The minimum atomic E-state index is 0.0768. The molecule has 20 heavy (non-hydrogen) atoms. The van der Waals surface area contributed by atoms with Gasteiger partial charge in [-0.3, -0.25) is 0 Å². The van der Waals surface area contributed by atoms with Gasteiger partial charge in [0.1, 0.15) is 5.75 Å². The zero-order valence-electron chi connectivity index (χ0n) is 12.3. The third-order valence-corrected chi connectivity index (χ3v) is 3.60. The number of benzene rings is 1. The summed E-state index contributed by atoms with van der Waals surface area (Å²) >= 11 is 0. The van der Waals surface area contributed by atoms with Crippen molar-refractivity contribution >= 4 is 11.3 Å². The summed E-state index contributed by atoms with van der Waals surface area (Å²) < 4.78 is 5.25. The van der Waals surface area contributed by atoms with E-state index in [0.29, 0.717) is 5.71 Å². The molecule has 0 heterocycles. The summed E-state index contributed by atoms with van der Waals surface area (Å²) in [6.45, 7) is 8.54. The van der Waals surface area contributed by atoms with Gasteiger partial charge in [-0.2, -0.15) is 0 Å². The topological polar surface area (TPSA) is 41.8 Å². The van der Waals surface area contributed by atoms with E-state index in [9.17, 15) is 0 Å². The van der Waals surface area contributed by atoms with Crippen LogP contribution in [0.3, 0.4) is 0 Å². The van der Waals surface area contributed by atoms with Crippen molar-refractivity contribution in [2.24, 2.45) is 10.6 Å². The Morgan fingerprint density at radius 3 is 2.75 bits per heavy atom. The van der Waals surface area contributed by atoms with E-state index >= 15 is 0 Å². The molecule has 0 saturated heterocycles. The lowest BCUT2D eigenvalue weighted by Gasteiger charge is -2.31. The summed E-state index contributed by atoms with van der Waals surface area (Å²) in [5.74, 6) is 0.815. The van der Waals surface area contributed by atoms with Gasteiger partial charge in [-0.1, -0.05) is 37.7 Å². The van der Waals surface area contributed by atoms with Crippen molar-refractivity contribution in [2.75, 3.05) is 7.11 Å². The molecule has 2 rings (SSSR count). The van der Waals surface area contributed by atoms with E-state index in [0.717, 1.165) is 35.3 Å². The second-order valence-electron chi connectivity index (χ2n) is 5.99. The van der Waals surface area contributed by atoms with Crippen LogP contribution in [0.25, 0.3) is 5.57 Å². The van der Waals surface area contributed by atoms with Crippen LogP contribution in [0.4, 0.5) is 0 Å². The molecule has 3 nitrogen and oxygen atoms in total. The van der Waals surface area contributed by atoms with Crippen LogP contribution in [0.2, 0.25) is 0 Å². The fourth-order valence-electron chi connectivity index (χ4n) is 2.63. The van der Waals surface area contributed by atoms with Gasteiger partial charge in [0.05, 0.1) is 12.8 Å². The second kappa shape index (κ2) is 5.53. The fourth-order valence-corrected chi connectivity index (χ4v) is 2.63. The van der Waals surface area contributed by atoms with Crippen molar-refractivity contribution in [3.05, 3.63) is 48.1 Å². The monoisotopic (exact) mass is 271 g/mol. The number of ether oxygens (including phenoxy) is 1. The molecule has 3 heteroatoms. The maximum atomic E-state index is 9.07. The van der Waals surface area contributed by atoms with E-state index in [1.54, 1.807) is 7.11 Å². The number of hydrogen-bond acceptors (Lipinski definition) is 3. The largest absolute Gasteiger partial charge is 0.497 e. The highest BCUT2D eigenvalue weighted by Crippen LogP contribution is 2.39. The molecule has 0 spiro atoms. The highest BCUT2D eigenvalue weighted by Gasteiger charge is 2.28. The quantitative estimate of drug-likeness (QED) is 0.658. The Bertz CT molecular complexity index is 582. The van der Waals surface area contributed by atoms with Crippen molar-refractivity contribution < 1.29 is 9.94 Å². The molecular weight excluding hydrogens is 250 g/mol. The van der Waals surface area contributed by atoms with Gasteiger partial charge >= 0.3 is 0 Å². The summed E-state index contributed by atoms with van der Waals surface area (Å²) in [6.07, 6.45) is 3.63. The molecule has 1 aliphatic rings. The van der Waals surface area contributed by atoms with Crippen molar-refractivity contribution in [1.29, 1.82) is 0 Å². The lowest BCUT2D eigenvalue weighted by molar-refractivity contribution is 0.308. The average molecular weight is 271 g/mol. The minimum absolute atomic E-state index is 0.0768. The van der Waals surface area contributed by atoms with Crippen LogP contribution in [0.1, 0.15) is 32.3 Å². The predicted octanol–water partition coefficient (Wildman–Crippen LogP) is 4.29. The fraction of sp³-hybridized carbons (Fsp3) is 0.353. The van der Waals surface area contributed by atoms with Gasteiger partial charge in [0.15, 0.2) is 0 Å². The third kappa shape index (κ3) is 3.10. The Balaban J connectivity index is 2.34. The maximum Gasteiger partial charge on any atom is 0.119 e. The van der Waals surface area contributed by atoms with Crippen LogP contribution in [-0.2, 0) is 0 Å². The van der Waals surface area contributed by atoms with E-state index in [2.05, 4.69) is 25.6 Å². The summed E-state index contributed by atoms with van der Waals surface area (Å²) in [5, 5.41) is 12.4. The summed E-state index contributed by atoms with van der Waals surface area (Å²) in [7, 11) is 1.65. The summed E-state index contributed by atoms with van der Waals surface area (Å²) in [4.78, 5) is 0. The zero-order chi connectivity index (χ0) is 14.8. The standard InChI is InChI=1S/C17H21NO2/c1-12(13-6-5-7-16(9-13)20-4)14-8-15(18-19)11-17(2,3)10-14/h5-9,19H,1,10-11H2,2-4H3/b18-15-. The smallest absolute Gasteiger partial charge is 0.119 e. The van der Waals surface area contributed by atoms with Crippen molar-refractivity contribution in [3.8, 4) is 5.75 Å². The first-order valence-corrected chi connectivity index (χ1v) is 6.70. The van der Waals surface area contributed by atoms with E-state index in [1.165, 1.54) is 0 Å². The molecule has 1 aromatic rings. The number of oxime groups is 1. The molecule has 0 amide bonds. The Kier molecular flexibility index (Phi) is 3.98. The highest BCUT2D eigenvalue weighted by atomic mass is 16.5. The molecule has 1 aliphatic carbocycles. The summed E-state index contributed by atoms with van der Waals surface area (Å²) in [5.41, 5.74) is 3.89. The third-order valence-electron chi connectivity index (χ3n) is 3.60. The average Bonchev–Trinajstić information content (AvgIpc) is 2.44. The van der Waals surface area contributed by atoms with Gasteiger partial charge in [-0.05, 0) is 53.2 Å². The van der Waals surface area contributed by atoms with E-state index in [4.69, 9.17) is 9.94 Å². The number of methoxy groups -OCH3 is 1. The van der Waals surface area contributed by atoms with Crippen LogP contribution >= 0.6 is 0 Å². The van der Waals surface area contributed by atoms with Gasteiger partial charge in [0, 0.05) is 0 Å². The SMILES string of the molecule is C=C(C1=C/C(=N/O)CC(C)(C)C1)c1cccc(OC)c1. The molecule has 0 unspecified atom stereocenters. The first-order chi connectivity index (χ1) is 9.45.